The second kappa shape index (κ2) is 13.5. The molecule has 0 aliphatic carbocycles. The smallest absolute Gasteiger partial charge is 0.000969 e. The van der Waals surface area contributed by atoms with Crippen LogP contribution < -0.4 is 11.1 Å². The van der Waals surface area contributed by atoms with Gasteiger partial charge in [-0.05, 0) is 53.6 Å². The Labute approximate surface area is 77.3 Å². The van der Waals surface area contributed by atoms with E-state index in [1.807, 2.05) is 7.05 Å². The third kappa shape index (κ3) is 12.5. The Bertz CT molecular complexity index is 66.8. The third-order valence-electron chi connectivity index (χ3n) is 1.57. The fourth-order valence-corrected chi connectivity index (χ4v) is 1.02. The summed E-state index contributed by atoms with van der Waals surface area (Å²) in [4.78, 5) is 2.37. The van der Waals surface area contributed by atoms with Crippen molar-refractivity contribution < 1.29 is 0 Å². The molecule has 0 radical (unpaired) electrons. The molecule has 0 unspecified atom stereocenters. The predicted molar refractivity (Wildman–Crippen MR) is 56.4 cm³/mol. The highest BCUT2D eigenvalue weighted by Gasteiger charge is 1.93. The molecule has 3 nitrogen and oxygen atoms in total. The van der Waals surface area contributed by atoms with Gasteiger partial charge in [-0.2, -0.15) is 0 Å². The van der Waals surface area contributed by atoms with Crippen molar-refractivity contribution in [2.75, 3.05) is 40.8 Å². The Hall–Kier alpha value is -0.120. The molecular formula is C9H25N3. The maximum atomic E-state index is 4.50. The minimum Gasteiger partial charge on any atom is -0.333 e. The molecule has 0 amide bonds. The molecule has 0 rings (SSSR count). The lowest BCUT2D eigenvalue weighted by atomic mass is 10.3. The van der Waals surface area contributed by atoms with Crippen LogP contribution in [-0.2, 0) is 0 Å². The summed E-state index contributed by atoms with van der Waals surface area (Å²) < 4.78 is 0. The normalized spacial score (nSPS) is 9.50. The zero-order valence-corrected chi connectivity index (χ0v) is 9.06. The lowest BCUT2D eigenvalue weighted by Crippen LogP contribution is -2.23. The fraction of sp³-hybridized carbons (Fsp3) is 1.00. The van der Waals surface area contributed by atoms with Gasteiger partial charge in [-0.25, -0.2) is 0 Å². The summed E-state index contributed by atoms with van der Waals surface area (Å²) >= 11 is 0. The van der Waals surface area contributed by atoms with Crippen molar-refractivity contribution in [2.24, 2.45) is 5.73 Å². The molecule has 0 fully saturated rings. The van der Waals surface area contributed by atoms with Crippen molar-refractivity contribution in [3.63, 3.8) is 0 Å². The first-order valence-corrected chi connectivity index (χ1v) is 4.72. The molecule has 0 aliphatic rings. The number of rotatable bonds is 6. The van der Waals surface area contributed by atoms with E-state index < -0.39 is 0 Å². The topological polar surface area (TPSA) is 41.3 Å². The van der Waals surface area contributed by atoms with E-state index in [0.717, 1.165) is 6.54 Å². The van der Waals surface area contributed by atoms with Gasteiger partial charge in [0.1, 0.15) is 0 Å². The fourth-order valence-electron chi connectivity index (χ4n) is 1.02. The molecule has 0 heterocycles. The van der Waals surface area contributed by atoms with Gasteiger partial charge in [-0.1, -0.05) is 6.92 Å². The zero-order valence-electron chi connectivity index (χ0n) is 9.06. The van der Waals surface area contributed by atoms with E-state index in [4.69, 9.17) is 0 Å². The highest BCUT2D eigenvalue weighted by Crippen LogP contribution is 1.87. The largest absolute Gasteiger partial charge is 0.333 e. The second-order valence-electron chi connectivity index (χ2n) is 2.76. The van der Waals surface area contributed by atoms with Gasteiger partial charge < -0.3 is 16.0 Å². The summed E-state index contributed by atoms with van der Waals surface area (Å²) in [6.45, 7) is 5.79. The van der Waals surface area contributed by atoms with E-state index in [0.29, 0.717) is 0 Å². The van der Waals surface area contributed by atoms with E-state index in [2.05, 4.69) is 29.9 Å². The minimum absolute atomic E-state index is 1.13. The van der Waals surface area contributed by atoms with Crippen LogP contribution in [0, 0.1) is 0 Å². The monoisotopic (exact) mass is 175 g/mol. The minimum atomic E-state index is 1.13. The molecule has 0 aromatic rings. The second-order valence-corrected chi connectivity index (χ2v) is 2.76. The van der Waals surface area contributed by atoms with Crippen LogP contribution >= 0.6 is 0 Å². The van der Waals surface area contributed by atoms with Crippen LogP contribution in [0.4, 0.5) is 0 Å². The Balaban J connectivity index is 0. The number of nitrogens with one attached hydrogen (secondary N) is 1. The Morgan fingerprint density at radius 2 is 1.83 bits per heavy atom. The van der Waals surface area contributed by atoms with Crippen molar-refractivity contribution in [1.82, 2.24) is 10.2 Å². The Morgan fingerprint density at radius 1 is 1.25 bits per heavy atom. The standard InChI is InChI=1S/C8H20N2.CH5N/c1-4-7-10(3)8-5-6-9-2;1-2/h9H,4-8H2,1-3H3;2H2,1H3. The maximum absolute atomic E-state index is 4.50. The van der Waals surface area contributed by atoms with Gasteiger partial charge in [0.15, 0.2) is 0 Å². The lowest BCUT2D eigenvalue weighted by Gasteiger charge is -2.14. The number of hydrogen-bond acceptors (Lipinski definition) is 3. The average molecular weight is 175 g/mol. The summed E-state index contributed by atoms with van der Waals surface area (Å²) in [5.41, 5.74) is 4.50. The lowest BCUT2D eigenvalue weighted by molar-refractivity contribution is 0.329. The number of nitrogens with zero attached hydrogens (tertiary/aromatic N) is 1. The Kier molecular flexibility index (Phi) is 16.2. The average Bonchev–Trinajstić information content (AvgIpc) is 2.09. The van der Waals surface area contributed by atoms with Crippen LogP contribution in [0.3, 0.4) is 0 Å². The van der Waals surface area contributed by atoms with Crippen LogP contribution in [0.5, 0.6) is 0 Å². The molecule has 3 heteroatoms. The predicted octanol–water partition coefficient (Wildman–Crippen LogP) is 0.513. The van der Waals surface area contributed by atoms with Crippen LogP contribution in [0.25, 0.3) is 0 Å². The quantitative estimate of drug-likeness (QED) is 0.578. The van der Waals surface area contributed by atoms with Crippen LogP contribution in [0.2, 0.25) is 0 Å². The van der Waals surface area contributed by atoms with E-state index in [-0.39, 0.29) is 0 Å². The van der Waals surface area contributed by atoms with Crippen LogP contribution in [-0.4, -0.2) is 45.7 Å². The Morgan fingerprint density at radius 3 is 2.25 bits per heavy atom. The number of nitrogens with two attached hydrogens (primary N) is 1. The van der Waals surface area contributed by atoms with Crippen molar-refractivity contribution in [3.05, 3.63) is 0 Å². The van der Waals surface area contributed by atoms with Gasteiger partial charge in [0.25, 0.3) is 0 Å². The van der Waals surface area contributed by atoms with Crippen molar-refractivity contribution in [2.45, 2.75) is 19.8 Å². The molecule has 0 atom stereocenters. The summed E-state index contributed by atoms with van der Waals surface area (Å²) in [6, 6.07) is 0. The van der Waals surface area contributed by atoms with Gasteiger partial charge in [0.05, 0.1) is 0 Å². The van der Waals surface area contributed by atoms with E-state index in [9.17, 15) is 0 Å². The zero-order chi connectivity index (χ0) is 9.82. The molecule has 0 aliphatic heterocycles. The molecule has 0 aromatic carbocycles. The summed E-state index contributed by atoms with van der Waals surface area (Å²) in [5, 5.41) is 3.14. The molecule has 0 saturated carbocycles. The summed E-state index contributed by atoms with van der Waals surface area (Å²) in [7, 11) is 5.68. The SMILES string of the molecule is CCCN(C)CCCNC.CN. The van der Waals surface area contributed by atoms with E-state index >= 15 is 0 Å². The van der Waals surface area contributed by atoms with Crippen LogP contribution in [0.1, 0.15) is 19.8 Å². The van der Waals surface area contributed by atoms with Gasteiger partial charge >= 0.3 is 0 Å². The molecule has 3 N–H and O–H groups in total. The third-order valence-corrected chi connectivity index (χ3v) is 1.57. The maximum Gasteiger partial charge on any atom is -0.000969 e. The summed E-state index contributed by atoms with van der Waals surface area (Å²) in [5.74, 6) is 0. The van der Waals surface area contributed by atoms with Crippen molar-refractivity contribution in [3.8, 4) is 0 Å². The van der Waals surface area contributed by atoms with Gasteiger partial charge in [0, 0.05) is 0 Å². The highest BCUT2D eigenvalue weighted by molar-refractivity contribution is 4.50. The van der Waals surface area contributed by atoms with Gasteiger partial charge in [-0.3, -0.25) is 0 Å². The molecule has 0 aromatic heterocycles. The van der Waals surface area contributed by atoms with Crippen molar-refractivity contribution >= 4 is 0 Å². The molecule has 76 valence electrons. The van der Waals surface area contributed by atoms with Crippen molar-refractivity contribution in [1.29, 1.82) is 0 Å². The highest BCUT2D eigenvalue weighted by atomic mass is 15.1. The van der Waals surface area contributed by atoms with Gasteiger partial charge in [0.2, 0.25) is 0 Å². The van der Waals surface area contributed by atoms with Gasteiger partial charge in [-0.15, -0.1) is 0 Å². The molecule has 0 spiro atoms. The first kappa shape index (κ1) is 14.4. The van der Waals surface area contributed by atoms with Crippen LogP contribution in [0.15, 0.2) is 0 Å². The van der Waals surface area contributed by atoms with E-state index in [1.54, 1.807) is 0 Å². The number of hydrogen-bond donors (Lipinski definition) is 2. The first-order valence-electron chi connectivity index (χ1n) is 4.72. The molecule has 0 saturated heterocycles. The first-order chi connectivity index (χ1) is 5.81. The molecule has 0 bridgehead atoms. The molecule has 12 heavy (non-hydrogen) atoms. The van der Waals surface area contributed by atoms with E-state index in [1.165, 1.54) is 33.0 Å². The molecular weight excluding hydrogens is 150 g/mol. The summed E-state index contributed by atoms with van der Waals surface area (Å²) in [6.07, 6.45) is 2.52.